The minimum Gasteiger partial charge on any atom is -0.476 e. The molecular formula is C14H12N4O4. The van der Waals surface area contributed by atoms with Gasteiger partial charge in [0.1, 0.15) is 11.4 Å². The van der Waals surface area contributed by atoms with Gasteiger partial charge in [-0.25, -0.2) is 14.9 Å². The molecule has 0 amide bonds. The third-order valence-corrected chi connectivity index (χ3v) is 3.01. The van der Waals surface area contributed by atoms with Crippen LogP contribution >= 0.6 is 0 Å². The van der Waals surface area contributed by atoms with Crippen LogP contribution in [0.15, 0.2) is 18.3 Å². The molecule has 3 rings (SSSR count). The van der Waals surface area contributed by atoms with Crippen molar-refractivity contribution in [2.45, 2.75) is 6.42 Å². The van der Waals surface area contributed by atoms with E-state index in [4.69, 9.17) is 14.6 Å². The van der Waals surface area contributed by atoms with Gasteiger partial charge in [-0.1, -0.05) is 16.2 Å². The summed E-state index contributed by atoms with van der Waals surface area (Å²) in [6.45, 7) is 1.38. The number of nitrogens with zero attached hydrogens (tertiary/aromatic N) is 3. The number of hydrogen-bond acceptors (Lipinski definition) is 6. The van der Waals surface area contributed by atoms with Gasteiger partial charge < -0.3 is 14.6 Å². The van der Waals surface area contributed by atoms with E-state index in [1.165, 1.54) is 6.20 Å². The molecule has 0 radical (unpaired) electrons. The number of carboxylic acids is 1. The summed E-state index contributed by atoms with van der Waals surface area (Å²) >= 11 is 0. The molecule has 1 fully saturated rings. The lowest BCUT2D eigenvalue weighted by Gasteiger charge is -2.02. The summed E-state index contributed by atoms with van der Waals surface area (Å²) in [5, 5.41) is 18.2. The maximum atomic E-state index is 11.0. The van der Waals surface area contributed by atoms with E-state index in [0.29, 0.717) is 18.1 Å². The summed E-state index contributed by atoms with van der Waals surface area (Å²) in [4.78, 5) is 15.1. The van der Waals surface area contributed by atoms with Gasteiger partial charge in [-0.2, -0.15) is 0 Å². The number of carboxylic acid groups (broad SMARTS) is 1. The van der Waals surface area contributed by atoms with E-state index in [1.54, 1.807) is 12.1 Å². The van der Waals surface area contributed by atoms with Crippen molar-refractivity contribution in [3.8, 4) is 23.5 Å². The summed E-state index contributed by atoms with van der Waals surface area (Å²) in [6.07, 6.45) is 2.45. The molecule has 22 heavy (non-hydrogen) atoms. The Bertz CT molecular complexity index is 741. The molecule has 112 valence electrons. The first-order valence-electron chi connectivity index (χ1n) is 6.60. The first-order chi connectivity index (χ1) is 10.7. The molecule has 2 aromatic heterocycles. The Kier molecular flexibility index (Phi) is 3.98. The quantitative estimate of drug-likeness (QED) is 0.816. The summed E-state index contributed by atoms with van der Waals surface area (Å²) in [5.74, 6) is 5.36. The van der Waals surface area contributed by atoms with Crippen LogP contribution in [0.25, 0.3) is 0 Å². The van der Waals surface area contributed by atoms with Crippen LogP contribution in [0.4, 0.5) is 0 Å². The van der Waals surface area contributed by atoms with E-state index < -0.39 is 5.97 Å². The zero-order valence-corrected chi connectivity index (χ0v) is 11.4. The molecule has 1 aliphatic heterocycles. The van der Waals surface area contributed by atoms with E-state index in [1.807, 2.05) is 0 Å². The van der Waals surface area contributed by atoms with Crippen LogP contribution in [0, 0.1) is 17.8 Å². The van der Waals surface area contributed by atoms with Gasteiger partial charge in [0.25, 0.3) is 5.88 Å². The average Bonchev–Trinajstić information content (AvgIpc) is 3.16. The summed E-state index contributed by atoms with van der Waals surface area (Å²) in [6, 6.07) is 3.20. The lowest BCUT2D eigenvalue weighted by Crippen LogP contribution is -2.00. The van der Waals surface area contributed by atoms with Crippen molar-refractivity contribution in [3.05, 3.63) is 29.7 Å². The zero-order valence-electron chi connectivity index (χ0n) is 11.4. The van der Waals surface area contributed by atoms with E-state index in [-0.39, 0.29) is 17.5 Å². The van der Waals surface area contributed by atoms with Crippen molar-refractivity contribution in [1.82, 2.24) is 20.4 Å². The lowest BCUT2D eigenvalue weighted by atomic mass is 10.1. The monoisotopic (exact) mass is 300 g/mol. The third kappa shape index (κ3) is 3.21. The molecule has 1 saturated heterocycles. The van der Waals surface area contributed by atoms with Gasteiger partial charge in [0, 0.05) is 24.8 Å². The van der Waals surface area contributed by atoms with Crippen molar-refractivity contribution >= 4 is 5.97 Å². The minimum absolute atomic E-state index is 0.109. The number of H-pyrrole nitrogens is 1. The molecule has 1 unspecified atom stereocenters. The van der Waals surface area contributed by atoms with Crippen molar-refractivity contribution in [1.29, 1.82) is 0 Å². The van der Waals surface area contributed by atoms with Gasteiger partial charge in [0.05, 0.1) is 6.61 Å². The lowest BCUT2D eigenvalue weighted by molar-refractivity contribution is 0.0687. The Hall–Kier alpha value is -2.92. The summed E-state index contributed by atoms with van der Waals surface area (Å²) in [7, 11) is 0. The van der Waals surface area contributed by atoms with Crippen LogP contribution in [-0.4, -0.2) is 44.7 Å². The highest BCUT2D eigenvalue weighted by Crippen LogP contribution is 2.21. The molecule has 0 bridgehead atoms. The molecule has 2 N–H and O–H groups in total. The second-order valence-corrected chi connectivity index (χ2v) is 4.61. The molecule has 1 aliphatic rings. The molecule has 0 aliphatic carbocycles. The summed E-state index contributed by atoms with van der Waals surface area (Å²) in [5.41, 5.74) is 0.317. The highest BCUT2D eigenvalue weighted by Gasteiger charge is 2.16. The highest BCUT2D eigenvalue weighted by molar-refractivity contribution is 5.87. The van der Waals surface area contributed by atoms with E-state index in [9.17, 15) is 4.79 Å². The Labute approximate surface area is 125 Å². The van der Waals surface area contributed by atoms with Gasteiger partial charge in [0.15, 0.2) is 0 Å². The Morgan fingerprint density at radius 3 is 3.23 bits per heavy atom. The number of nitrogens with one attached hydrogen (secondary N) is 1. The number of aromatic nitrogens is 4. The molecule has 0 saturated carbocycles. The van der Waals surface area contributed by atoms with E-state index in [0.717, 1.165) is 13.0 Å². The van der Waals surface area contributed by atoms with Crippen LogP contribution in [0.5, 0.6) is 11.6 Å². The number of carbonyl (C=O) groups is 1. The number of aromatic carboxylic acids is 1. The zero-order chi connectivity index (χ0) is 15.4. The SMILES string of the molecule is O=C(O)c1[nH]nnc1Oc1ccnc(C#CC2CCOC2)c1. The molecule has 0 spiro atoms. The van der Waals surface area contributed by atoms with E-state index >= 15 is 0 Å². The maximum absolute atomic E-state index is 11.0. The normalized spacial score (nSPS) is 16.8. The highest BCUT2D eigenvalue weighted by atomic mass is 16.5. The fourth-order valence-electron chi connectivity index (χ4n) is 1.91. The van der Waals surface area contributed by atoms with E-state index in [2.05, 4.69) is 32.2 Å². The van der Waals surface area contributed by atoms with Crippen LogP contribution in [0.2, 0.25) is 0 Å². The van der Waals surface area contributed by atoms with Crippen LogP contribution in [-0.2, 0) is 4.74 Å². The standard InChI is InChI=1S/C14H12N4O4/c19-14(20)12-13(17-18-16-12)22-11-3-5-15-10(7-11)2-1-9-4-6-21-8-9/h3,5,7,9H,4,6,8H2,(H,19,20)(H,16,17,18). The molecule has 0 aromatic carbocycles. The topological polar surface area (TPSA) is 110 Å². The largest absolute Gasteiger partial charge is 0.476 e. The van der Waals surface area contributed by atoms with Crippen molar-refractivity contribution < 1.29 is 19.4 Å². The van der Waals surface area contributed by atoms with Gasteiger partial charge in [-0.3, -0.25) is 0 Å². The minimum atomic E-state index is -1.20. The molecular weight excluding hydrogens is 288 g/mol. The molecule has 1 atom stereocenters. The Morgan fingerprint density at radius 1 is 1.55 bits per heavy atom. The fraction of sp³-hybridized carbons (Fsp3) is 0.286. The number of hydrogen-bond donors (Lipinski definition) is 2. The average molecular weight is 300 g/mol. The second kappa shape index (κ2) is 6.24. The van der Waals surface area contributed by atoms with Gasteiger partial charge in [-0.05, 0) is 18.4 Å². The first kappa shape index (κ1) is 14.0. The smallest absolute Gasteiger partial charge is 0.359 e. The van der Waals surface area contributed by atoms with Gasteiger partial charge in [-0.15, -0.1) is 0 Å². The van der Waals surface area contributed by atoms with Crippen molar-refractivity contribution in [3.63, 3.8) is 0 Å². The molecule has 2 aromatic rings. The maximum Gasteiger partial charge on any atom is 0.359 e. The predicted octanol–water partition coefficient (Wildman–Crippen LogP) is 1.08. The number of aromatic amines is 1. The number of rotatable bonds is 3. The van der Waals surface area contributed by atoms with Crippen LogP contribution in [0.3, 0.4) is 0 Å². The molecule has 8 nitrogen and oxygen atoms in total. The van der Waals surface area contributed by atoms with Gasteiger partial charge >= 0.3 is 5.97 Å². The Morgan fingerprint density at radius 2 is 2.45 bits per heavy atom. The van der Waals surface area contributed by atoms with Gasteiger partial charge in [0.2, 0.25) is 5.69 Å². The van der Waals surface area contributed by atoms with Crippen molar-refractivity contribution in [2.24, 2.45) is 5.92 Å². The first-order valence-corrected chi connectivity index (χ1v) is 6.60. The van der Waals surface area contributed by atoms with Crippen LogP contribution in [0.1, 0.15) is 22.6 Å². The second-order valence-electron chi connectivity index (χ2n) is 4.61. The van der Waals surface area contributed by atoms with Crippen LogP contribution < -0.4 is 4.74 Å². The summed E-state index contributed by atoms with van der Waals surface area (Å²) < 4.78 is 10.7. The van der Waals surface area contributed by atoms with Crippen molar-refractivity contribution in [2.75, 3.05) is 13.2 Å². The number of pyridine rings is 1. The predicted molar refractivity (Wildman–Crippen MR) is 73.5 cm³/mol. The molecule has 3 heterocycles. The third-order valence-electron chi connectivity index (χ3n) is 3.01. The Balaban J connectivity index is 1.76. The number of ether oxygens (including phenoxy) is 2. The fourth-order valence-corrected chi connectivity index (χ4v) is 1.91. The molecule has 8 heteroatoms.